The van der Waals surface area contributed by atoms with Gasteiger partial charge in [0.2, 0.25) is 5.88 Å². The van der Waals surface area contributed by atoms with Gasteiger partial charge in [0.15, 0.2) is 0 Å². The highest BCUT2D eigenvalue weighted by Crippen LogP contribution is 2.12. The second-order valence-corrected chi connectivity index (χ2v) is 3.58. The van der Waals surface area contributed by atoms with E-state index in [2.05, 4.69) is 22.3 Å². The maximum Gasteiger partial charge on any atom is 0.213 e. The van der Waals surface area contributed by atoms with Crippen LogP contribution in [0.25, 0.3) is 0 Å². The van der Waals surface area contributed by atoms with E-state index < -0.39 is 0 Å². The predicted octanol–water partition coefficient (Wildman–Crippen LogP) is 1.92. The zero-order valence-electron chi connectivity index (χ0n) is 10.1. The molecule has 0 aromatic carbocycles. The van der Waals surface area contributed by atoms with Crippen LogP contribution in [0.2, 0.25) is 0 Å². The molecule has 0 spiro atoms. The Hall–Kier alpha value is -2.04. The van der Waals surface area contributed by atoms with Crippen LogP contribution in [0.3, 0.4) is 0 Å². The van der Waals surface area contributed by atoms with Crippen LogP contribution in [0, 0.1) is 0 Å². The smallest absolute Gasteiger partial charge is 0.213 e. The van der Waals surface area contributed by atoms with Crippen molar-refractivity contribution in [3.05, 3.63) is 36.3 Å². The topological polar surface area (TPSA) is 52.0 Å². The van der Waals surface area contributed by atoms with Gasteiger partial charge in [-0.25, -0.2) is 4.98 Å². The SMILES string of the molecule is CCn1nccc1CNc1ccc(OC)nc1. The Morgan fingerprint density at radius 3 is 2.88 bits per heavy atom. The van der Waals surface area contributed by atoms with Gasteiger partial charge in [-0.1, -0.05) is 0 Å². The van der Waals surface area contributed by atoms with Crippen molar-refractivity contribution in [2.24, 2.45) is 0 Å². The molecular weight excluding hydrogens is 216 g/mol. The summed E-state index contributed by atoms with van der Waals surface area (Å²) in [6.07, 6.45) is 3.57. The number of anilines is 1. The molecule has 0 bridgehead atoms. The maximum absolute atomic E-state index is 5.00. The number of methoxy groups -OCH3 is 1. The molecule has 1 N–H and O–H groups in total. The molecule has 0 fully saturated rings. The van der Waals surface area contributed by atoms with Gasteiger partial charge in [-0.2, -0.15) is 5.10 Å². The third-order valence-electron chi connectivity index (χ3n) is 2.52. The van der Waals surface area contributed by atoms with Crippen LogP contribution in [-0.4, -0.2) is 21.9 Å². The van der Waals surface area contributed by atoms with Gasteiger partial charge in [0.1, 0.15) is 0 Å². The molecule has 2 rings (SSSR count). The van der Waals surface area contributed by atoms with E-state index in [1.165, 1.54) is 0 Å². The molecule has 2 aromatic heterocycles. The van der Waals surface area contributed by atoms with Crippen LogP contribution < -0.4 is 10.1 Å². The molecule has 0 aliphatic rings. The van der Waals surface area contributed by atoms with Crippen LogP contribution in [0.5, 0.6) is 5.88 Å². The maximum atomic E-state index is 5.00. The molecule has 0 saturated carbocycles. The number of nitrogens with one attached hydrogen (secondary N) is 1. The number of nitrogens with zero attached hydrogens (tertiary/aromatic N) is 3. The number of hydrogen-bond donors (Lipinski definition) is 1. The molecule has 0 aliphatic carbocycles. The summed E-state index contributed by atoms with van der Waals surface area (Å²) in [6, 6.07) is 5.78. The molecule has 90 valence electrons. The minimum absolute atomic E-state index is 0.620. The monoisotopic (exact) mass is 232 g/mol. The number of pyridine rings is 1. The van der Waals surface area contributed by atoms with Crippen molar-refractivity contribution < 1.29 is 4.74 Å². The first kappa shape index (κ1) is 11.4. The average Bonchev–Trinajstić information content (AvgIpc) is 2.84. The zero-order chi connectivity index (χ0) is 12.1. The summed E-state index contributed by atoms with van der Waals surface area (Å²) in [7, 11) is 1.61. The number of aromatic nitrogens is 3. The van der Waals surface area contributed by atoms with E-state index >= 15 is 0 Å². The third-order valence-corrected chi connectivity index (χ3v) is 2.52. The minimum atomic E-state index is 0.620. The van der Waals surface area contributed by atoms with Gasteiger partial charge in [-0.3, -0.25) is 4.68 Å². The van der Waals surface area contributed by atoms with E-state index in [0.29, 0.717) is 5.88 Å². The van der Waals surface area contributed by atoms with Gasteiger partial charge in [-0.05, 0) is 19.1 Å². The molecule has 0 unspecified atom stereocenters. The van der Waals surface area contributed by atoms with Crippen molar-refractivity contribution in [1.82, 2.24) is 14.8 Å². The second kappa shape index (κ2) is 5.34. The quantitative estimate of drug-likeness (QED) is 0.855. The summed E-state index contributed by atoms with van der Waals surface area (Å²) in [6.45, 7) is 3.69. The first-order valence-corrected chi connectivity index (χ1v) is 5.58. The zero-order valence-corrected chi connectivity index (χ0v) is 10.1. The number of hydrogen-bond acceptors (Lipinski definition) is 4. The molecule has 0 saturated heterocycles. The van der Waals surface area contributed by atoms with E-state index in [1.54, 1.807) is 13.3 Å². The van der Waals surface area contributed by atoms with Crippen LogP contribution in [0.4, 0.5) is 5.69 Å². The molecule has 0 amide bonds. The van der Waals surface area contributed by atoms with Gasteiger partial charge in [0, 0.05) is 18.8 Å². The average molecular weight is 232 g/mol. The van der Waals surface area contributed by atoms with Crippen LogP contribution >= 0.6 is 0 Å². The van der Waals surface area contributed by atoms with E-state index in [-0.39, 0.29) is 0 Å². The van der Waals surface area contributed by atoms with Crippen LogP contribution in [0.15, 0.2) is 30.6 Å². The fourth-order valence-electron chi connectivity index (χ4n) is 1.59. The van der Waals surface area contributed by atoms with E-state index in [9.17, 15) is 0 Å². The molecule has 5 nitrogen and oxygen atoms in total. The van der Waals surface area contributed by atoms with Crippen LogP contribution in [0.1, 0.15) is 12.6 Å². The first-order valence-electron chi connectivity index (χ1n) is 5.58. The summed E-state index contributed by atoms with van der Waals surface area (Å²) < 4.78 is 6.97. The lowest BCUT2D eigenvalue weighted by Gasteiger charge is -2.08. The van der Waals surface area contributed by atoms with Gasteiger partial charge >= 0.3 is 0 Å². The van der Waals surface area contributed by atoms with Crippen molar-refractivity contribution in [2.75, 3.05) is 12.4 Å². The third kappa shape index (κ3) is 2.75. The van der Waals surface area contributed by atoms with Gasteiger partial charge < -0.3 is 10.1 Å². The summed E-state index contributed by atoms with van der Waals surface area (Å²) >= 11 is 0. The minimum Gasteiger partial charge on any atom is -0.481 e. The van der Waals surface area contributed by atoms with E-state index in [4.69, 9.17) is 4.74 Å². The summed E-state index contributed by atoms with van der Waals surface area (Å²) in [4.78, 5) is 4.13. The second-order valence-electron chi connectivity index (χ2n) is 3.58. The Labute approximate surface area is 100 Å². The lowest BCUT2D eigenvalue weighted by molar-refractivity contribution is 0.398. The number of ether oxygens (including phenoxy) is 1. The van der Waals surface area contributed by atoms with Gasteiger partial charge in [0.25, 0.3) is 0 Å². The summed E-state index contributed by atoms with van der Waals surface area (Å²) in [5.74, 6) is 0.620. The Morgan fingerprint density at radius 1 is 1.35 bits per heavy atom. The summed E-state index contributed by atoms with van der Waals surface area (Å²) in [5, 5.41) is 7.51. The van der Waals surface area contributed by atoms with E-state index in [0.717, 1.165) is 24.5 Å². The van der Waals surface area contributed by atoms with Crippen molar-refractivity contribution in [3.63, 3.8) is 0 Å². The molecule has 2 aromatic rings. The van der Waals surface area contributed by atoms with Gasteiger partial charge in [0.05, 0.1) is 31.2 Å². The fraction of sp³-hybridized carbons (Fsp3) is 0.333. The standard InChI is InChI=1S/C12H16N4O/c1-3-16-11(6-7-15-16)9-13-10-4-5-12(17-2)14-8-10/h4-8,13H,3,9H2,1-2H3. The molecule has 5 heteroatoms. The number of rotatable bonds is 5. The van der Waals surface area contributed by atoms with Crippen molar-refractivity contribution in [3.8, 4) is 5.88 Å². The highest BCUT2D eigenvalue weighted by Gasteiger charge is 2.00. The molecule has 2 heterocycles. The molecule has 0 atom stereocenters. The molecule has 0 aliphatic heterocycles. The first-order chi connectivity index (χ1) is 8.33. The molecule has 0 radical (unpaired) electrons. The highest BCUT2D eigenvalue weighted by molar-refractivity contribution is 5.42. The van der Waals surface area contributed by atoms with Crippen molar-refractivity contribution >= 4 is 5.69 Å². The normalized spacial score (nSPS) is 10.2. The lowest BCUT2D eigenvalue weighted by Crippen LogP contribution is -2.07. The number of aryl methyl sites for hydroxylation is 1. The van der Waals surface area contributed by atoms with Gasteiger partial charge in [-0.15, -0.1) is 0 Å². The lowest BCUT2D eigenvalue weighted by atomic mass is 10.3. The molecular formula is C12H16N4O. The predicted molar refractivity (Wildman–Crippen MR) is 66.0 cm³/mol. The highest BCUT2D eigenvalue weighted by atomic mass is 16.5. The van der Waals surface area contributed by atoms with E-state index in [1.807, 2.05) is 29.1 Å². The van der Waals surface area contributed by atoms with Crippen molar-refractivity contribution in [1.29, 1.82) is 0 Å². The Morgan fingerprint density at radius 2 is 2.24 bits per heavy atom. The van der Waals surface area contributed by atoms with Crippen molar-refractivity contribution in [2.45, 2.75) is 20.0 Å². The Kier molecular flexibility index (Phi) is 3.59. The summed E-state index contributed by atoms with van der Waals surface area (Å²) in [5.41, 5.74) is 2.12. The Bertz CT molecular complexity index is 464. The fourth-order valence-corrected chi connectivity index (χ4v) is 1.59. The largest absolute Gasteiger partial charge is 0.481 e. The molecule has 17 heavy (non-hydrogen) atoms. The van der Waals surface area contributed by atoms with Crippen LogP contribution in [-0.2, 0) is 13.1 Å². The Balaban J connectivity index is 1.97.